The van der Waals surface area contributed by atoms with Gasteiger partial charge in [0.25, 0.3) is 0 Å². The van der Waals surface area contributed by atoms with Crippen molar-refractivity contribution in [1.82, 2.24) is 5.32 Å². The smallest absolute Gasteiger partial charge is 0.408 e. The Morgan fingerprint density at radius 1 is 1.35 bits per heavy atom. The molecule has 1 amide bonds. The molecule has 0 aliphatic heterocycles. The predicted molar refractivity (Wildman–Crippen MR) is 59.5 cm³/mol. The van der Waals surface area contributed by atoms with E-state index >= 15 is 0 Å². The standard InChI is InChI=1S/C10H16ClF2NO3/c1-10(2,3)17-9(16)14-6(4-8(12)13)7(15)5-11/h6,8H,4-5H2,1-3H3,(H,14,16). The number of alkyl halides is 3. The summed E-state index contributed by atoms with van der Waals surface area (Å²) < 4.78 is 29.2. The molecule has 0 aromatic rings. The van der Waals surface area contributed by atoms with Gasteiger partial charge >= 0.3 is 6.09 Å². The Morgan fingerprint density at radius 2 is 1.88 bits per heavy atom. The van der Waals surface area contributed by atoms with Crippen LogP contribution in [0.25, 0.3) is 0 Å². The van der Waals surface area contributed by atoms with Crippen LogP contribution in [0.15, 0.2) is 0 Å². The summed E-state index contributed by atoms with van der Waals surface area (Å²) in [5.74, 6) is -1.11. The maximum atomic E-state index is 12.2. The van der Waals surface area contributed by atoms with E-state index in [0.29, 0.717) is 0 Å². The highest BCUT2D eigenvalue weighted by Crippen LogP contribution is 2.10. The molecule has 0 aromatic heterocycles. The van der Waals surface area contributed by atoms with Gasteiger partial charge in [-0.1, -0.05) is 0 Å². The van der Waals surface area contributed by atoms with E-state index in [1.807, 2.05) is 0 Å². The van der Waals surface area contributed by atoms with Crippen LogP contribution >= 0.6 is 11.6 Å². The van der Waals surface area contributed by atoms with Gasteiger partial charge in [-0.3, -0.25) is 4.79 Å². The van der Waals surface area contributed by atoms with E-state index in [1.165, 1.54) is 0 Å². The van der Waals surface area contributed by atoms with Gasteiger partial charge in [0.15, 0.2) is 5.78 Å². The van der Waals surface area contributed by atoms with E-state index in [1.54, 1.807) is 20.8 Å². The van der Waals surface area contributed by atoms with E-state index in [2.05, 4.69) is 5.32 Å². The van der Waals surface area contributed by atoms with Crippen molar-refractivity contribution in [2.24, 2.45) is 0 Å². The Hall–Kier alpha value is -0.910. The number of hydrogen-bond acceptors (Lipinski definition) is 3. The number of nitrogens with one attached hydrogen (secondary N) is 1. The lowest BCUT2D eigenvalue weighted by molar-refractivity contribution is -0.119. The molecule has 0 aliphatic rings. The maximum absolute atomic E-state index is 12.2. The third-order valence-corrected chi connectivity index (χ3v) is 1.89. The Labute approximate surface area is 104 Å². The van der Waals surface area contributed by atoms with Crippen molar-refractivity contribution < 1.29 is 23.1 Å². The van der Waals surface area contributed by atoms with Crippen LogP contribution < -0.4 is 5.32 Å². The molecule has 0 rings (SSSR count). The van der Waals surface area contributed by atoms with Gasteiger partial charge in [-0.05, 0) is 20.8 Å². The summed E-state index contributed by atoms with van der Waals surface area (Å²) >= 11 is 5.26. The summed E-state index contributed by atoms with van der Waals surface area (Å²) in [5.41, 5.74) is -0.760. The van der Waals surface area contributed by atoms with Gasteiger partial charge in [0.2, 0.25) is 6.43 Å². The molecule has 0 spiro atoms. The van der Waals surface area contributed by atoms with E-state index in [0.717, 1.165) is 0 Å². The Kier molecular flexibility index (Phi) is 6.37. The monoisotopic (exact) mass is 271 g/mol. The molecule has 1 atom stereocenters. The molecule has 7 heteroatoms. The largest absolute Gasteiger partial charge is 0.444 e. The number of rotatable bonds is 5. The molecular weight excluding hydrogens is 256 g/mol. The summed E-state index contributed by atoms with van der Waals surface area (Å²) in [6, 6.07) is -1.32. The molecule has 0 fully saturated rings. The van der Waals surface area contributed by atoms with Crippen molar-refractivity contribution in [3.05, 3.63) is 0 Å². The number of carbonyl (C=O) groups excluding carboxylic acids is 2. The molecule has 0 bridgehead atoms. The van der Waals surface area contributed by atoms with Gasteiger partial charge < -0.3 is 10.1 Å². The molecule has 100 valence electrons. The molecule has 4 nitrogen and oxygen atoms in total. The molecular formula is C10H16ClF2NO3. The SMILES string of the molecule is CC(C)(C)OC(=O)NC(CC(F)F)C(=O)CCl. The van der Waals surface area contributed by atoms with E-state index in [9.17, 15) is 18.4 Å². The number of alkyl carbamates (subject to hydrolysis) is 1. The molecule has 1 unspecified atom stereocenters. The van der Waals surface area contributed by atoms with Crippen molar-refractivity contribution in [1.29, 1.82) is 0 Å². The van der Waals surface area contributed by atoms with E-state index < -0.39 is 42.2 Å². The van der Waals surface area contributed by atoms with Crippen molar-refractivity contribution in [2.45, 2.75) is 45.3 Å². The van der Waals surface area contributed by atoms with Gasteiger partial charge in [0.05, 0.1) is 11.9 Å². The highest BCUT2D eigenvalue weighted by Gasteiger charge is 2.26. The molecule has 0 saturated carbocycles. The summed E-state index contributed by atoms with van der Waals surface area (Å²) in [6.07, 6.45) is -4.39. The minimum Gasteiger partial charge on any atom is -0.444 e. The fraction of sp³-hybridized carbons (Fsp3) is 0.800. The Balaban J connectivity index is 4.43. The van der Waals surface area contributed by atoms with E-state index in [4.69, 9.17) is 16.3 Å². The minimum atomic E-state index is -2.71. The Bertz CT molecular complexity index is 279. The average molecular weight is 272 g/mol. The van der Waals surface area contributed by atoms with Crippen LogP contribution in [-0.4, -0.2) is 35.8 Å². The molecule has 0 aliphatic carbocycles. The first kappa shape index (κ1) is 16.1. The number of halogens is 3. The zero-order valence-electron chi connectivity index (χ0n) is 9.93. The third kappa shape index (κ3) is 7.90. The molecule has 0 heterocycles. The van der Waals surface area contributed by atoms with Crippen molar-refractivity contribution >= 4 is 23.5 Å². The zero-order valence-corrected chi connectivity index (χ0v) is 10.7. The number of amides is 1. The van der Waals surface area contributed by atoms with Gasteiger partial charge in [0.1, 0.15) is 5.60 Å². The Morgan fingerprint density at radius 3 is 2.24 bits per heavy atom. The van der Waals surface area contributed by atoms with Gasteiger partial charge in [-0.2, -0.15) is 0 Å². The highest BCUT2D eigenvalue weighted by atomic mass is 35.5. The molecule has 0 radical (unpaired) electrons. The van der Waals surface area contributed by atoms with Crippen LogP contribution in [0.5, 0.6) is 0 Å². The van der Waals surface area contributed by atoms with Gasteiger partial charge in [0, 0.05) is 6.42 Å². The van der Waals surface area contributed by atoms with Crippen LogP contribution in [0.2, 0.25) is 0 Å². The molecule has 1 N–H and O–H groups in total. The van der Waals surface area contributed by atoms with Crippen LogP contribution in [0.1, 0.15) is 27.2 Å². The fourth-order valence-electron chi connectivity index (χ4n) is 0.992. The molecule has 17 heavy (non-hydrogen) atoms. The number of carbonyl (C=O) groups is 2. The zero-order chi connectivity index (χ0) is 13.6. The number of ether oxygens (including phenoxy) is 1. The maximum Gasteiger partial charge on any atom is 0.408 e. The summed E-state index contributed by atoms with van der Waals surface area (Å²) in [5, 5.41) is 2.08. The molecule has 0 aromatic carbocycles. The normalized spacial score (nSPS) is 13.4. The summed E-state index contributed by atoms with van der Waals surface area (Å²) in [7, 11) is 0. The quantitative estimate of drug-likeness (QED) is 0.781. The predicted octanol–water partition coefficient (Wildman–Crippen LogP) is 2.34. The van der Waals surface area contributed by atoms with E-state index in [-0.39, 0.29) is 0 Å². The lowest BCUT2D eigenvalue weighted by Crippen LogP contribution is -2.45. The minimum absolute atomic E-state index is 0.437. The van der Waals surface area contributed by atoms with Gasteiger partial charge in [-0.15, -0.1) is 11.6 Å². The second-order valence-electron chi connectivity index (χ2n) is 4.43. The number of ketones is 1. The number of hydrogen-bond donors (Lipinski definition) is 1. The van der Waals surface area contributed by atoms with Crippen LogP contribution in [0, 0.1) is 0 Å². The number of Topliss-reactive ketones (excluding diaryl/α,β-unsaturated/α-hetero) is 1. The lowest BCUT2D eigenvalue weighted by atomic mass is 10.1. The summed E-state index contributed by atoms with van der Waals surface area (Å²) in [6.45, 7) is 4.87. The average Bonchev–Trinajstić information content (AvgIpc) is 2.11. The van der Waals surface area contributed by atoms with Crippen molar-refractivity contribution in [2.75, 3.05) is 5.88 Å². The third-order valence-electron chi connectivity index (χ3n) is 1.63. The lowest BCUT2D eigenvalue weighted by Gasteiger charge is -2.22. The van der Waals surface area contributed by atoms with Gasteiger partial charge in [-0.25, -0.2) is 13.6 Å². The first-order valence-corrected chi connectivity index (χ1v) is 5.55. The fourth-order valence-corrected chi connectivity index (χ4v) is 1.18. The second kappa shape index (κ2) is 6.74. The summed E-state index contributed by atoms with van der Waals surface area (Å²) in [4.78, 5) is 22.5. The second-order valence-corrected chi connectivity index (χ2v) is 4.69. The molecule has 0 saturated heterocycles. The first-order chi connectivity index (χ1) is 7.65. The van der Waals surface area contributed by atoms with Crippen LogP contribution in [0.4, 0.5) is 13.6 Å². The highest BCUT2D eigenvalue weighted by molar-refractivity contribution is 6.28. The topological polar surface area (TPSA) is 55.4 Å². The van der Waals surface area contributed by atoms with Crippen LogP contribution in [0.3, 0.4) is 0 Å². The van der Waals surface area contributed by atoms with Crippen molar-refractivity contribution in [3.63, 3.8) is 0 Å². The van der Waals surface area contributed by atoms with Crippen LogP contribution in [-0.2, 0) is 9.53 Å². The first-order valence-electron chi connectivity index (χ1n) is 5.02. The van der Waals surface area contributed by atoms with Crippen molar-refractivity contribution in [3.8, 4) is 0 Å².